The molecule has 0 spiro atoms. The average Bonchev–Trinajstić information content (AvgIpc) is 2.92. The topological polar surface area (TPSA) is 125 Å². The van der Waals surface area contributed by atoms with Gasteiger partial charge in [-0.3, -0.25) is 14.4 Å². The molecule has 0 saturated heterocycles. The van der Waals surface area contributed by atoms with Crippen LogP contribution in [0.2, 0.25) is 0 Å². The summed E-state index contributed by atoms with van der Waals surface area (Å²) in [6, 6.07) is 28.1. The van der Waals surface area contributed by atoms with Crippen LogP contribution < -0.4 is 16.4 Å². The van der Waals surface area contributed by atoms with Crippen molar-refractivity contribution >= 4 is 23.4 Å². The zero-order chi connectivity index (χ0) is 26.4. The smallest absolute Gasteiger partial charge is 0.255 e. The van der Waals surface area contributed by atoms with Gasteiger partial charge in [-0.15, -0.1) is 0 Å². The van der Waals surface area contributed by atoms with Crippen LogP contribution in [-0.4, -0.2) is 17.7 Å². The van der Waals surface area contributed by atoms with Gasteiger partial charge in [-0.2, -0.15) is 5.26 Å². The highest BCUT2D eigenvalue weighted by Gasteiger charge is 2.12. The molecule has 0 aromatic heterocycles. The molecule has 0 fully saturated rings. The van der Waals surface area contributed by atoms with Crippen molar-refractivity contribution in [3.8, 4) is 17.2 Å². The third-order valence-electron chi connectivity index (χ3n) is 5.90. The Morgan fingerprint density at radius 2 is 1.49 bits per heavy atom. The van der Waals surface area contributed by atoms with E-state index in [9.17, 15) is 14.4 Å². The largest absolute Gasteiger partial charge is 0.366 e. The van der Waals surface area contributed by atoms with Crippen molar-refractivity contribution in [3.05, 3.63) is 124 Å². The highest BCUT2D eigenvalue weighted by molar-refractivity contribution is 6.04. The van der Waals surface area contributed by atoms with E-state index >= 15 is 0 Å². The maximum Gasteiger partial charge on any atom is 0.255 e. The maximum absolute atomic E-state index is 12.8. The molecule has 37 heavy (non-hydrogen) atoms. The van der Waals surface area contributed by atoms with Gasteiger partial charge in [-0.1, -0.05) is 36.4 Å². The Morgan fingerprint density at radius 3 is 2.16 bits per heavy atom. The zero-order valence-corrected chi connectivity index (χ0v) is 20.1. The Bertz CT molecular complexity index is 1520. The molecule has 0 aliphatic heterocycles. The number of amides is 3. The van der Waals surface area contributed by atoms with Crippen LogP contribution in [0.1, 0.15) is 47.8 Å². The van der Waals surface area contributed by atoms with Crippen LogP contribution in [0.4, 0.5) is 5.69 Å². The van der Waals surface area contributed by atoms with E-state index in [1.54, 1.807) is 66.7 Å². The number of carbonyl (C=O) groups is 3. The first-order chi connectivity index (χ1) is 17.8. The second-order valence-corrected chi connectivity index (χ2v) is 8.50. The van der Waals surface area contributed by atoms with E-state index in [2.05, 4.69) is 16.7 Å². The Kier molecular flexibility index (Phi) is 7.41. The van der Waals surface area contributed by atoms with E-state index in [0.29, 0.717) is 34.5 Å². The maximum atomic E-state index is 12.8. The number of carbonyl (C=O) groups excluding carboxylic acids is 3. The lowest BCUT2D eigenvalue weighted by atomic mass is 9.97. The number of nitrogens with zero attached hydrogens (tertiary/aromatic N) is 1. The van der Waals surface area contributed by atoms with Crippen LogP contribution in [0.3, 0.4) is 0 Å². The first kappa shape index (κ1) is 24.9. The molecular formula is C30H24N4O3. The van der Waals surface area contributed by atoms with Crippen molar-refractivity contribution in [2.24, 2.45) is 5.73 Å². The molecule has 0 aliphatic rings. The Hall–Kier alpha value is -5.22. The SMILES string of the molecule is Cc1ccc(C(=O)NCc2ccc(C(N)=O)cc2)cc1-c1ccc(C(=O)Nc2cccc(C#N)c2)cc1. The van der Waals surface area contributed by atoms with Gasteiger partial charge in [0.25, 0.3) is 11.8 Å². The molecule has 4 rings (SSSR count). The first-order valence-corrected chi connectivity index (χ1v) is 11.5. The number of rotatable bonds is 7. The van der Waals surface area contributed by atoms with Crippen molar-refractivity contribution in [2.75, 3.05) is 5.32 Å². The minimum Gasteiger partial charge on any atom is -0.366 e. The molecule has 4 aromatic rings. The Balaban J connectivity index is 1.45. The molecule has 0 aliphatic carbocycles. The Labute approximate surface area is 214 Å². The zero-order valence-electron chi connectivity index (χ0n) is 20.1. The van der Waals surface area contributed by atoms with E-state index < -0.39 is 5.91 Å². The molecule has 182 valence electrons. The minimum absolute atomic E-state index is 0.226. The van der Waals surface area contributed by atoms with E-state index in [-0.39, 0.29) is 11.8 Å². The van der Waals surface area contributed by atoms with Gasteiger partial charge in [0.1, 0.15) is 0 Å². The minimum atomic E-state index is -0.498. The molecule has 4 aromatic carbocycles. The number of nitriles is 1. The summed E-state index contributed by atoms with van der Waals surface area (Å²) in [6.07, 6.45) is 0. The van der Waals surface area contributed by atoms with Gasteiger partial charge in [-0.05, 0) is 83.8 Å². The standard InChI is InChI=1S/C30H24N4O3/c1-19-5-8-25(29(36)33-18-20-6-9-23(10-7-20)28(32)35)16-27(19)22-11-13-24(14-12-22)30(37)34-26-4-2-3-21(15-26)17-31/h2-16H,18H2,1H3,(H2,32,35)(H,33,36)(H,34,37). The van der Waals surface area contributed by atoms with E-state index in [4.69, 9.17) is 11.0 Å². The van der Waals surface area contributed by atoms with Crippen LogP contribution in [0.5, 0.6) is 0 Å². The summed E-state index contributed by atoms with van der Waals surface area (Å²) in [5.41, 5.74) is 11.3. The summed E-state index contributed by atoms with van der Waals surface area (Å²) in [5, 5.41) is 14.7. The van der Waals surface area contributed by atoms with Gasteiger partial charge in [-0.25, -0.2) is 0 Å². The van der Waals surface area contributed by atoms with Crippen molar-refractivity contribution < 1.29 is 14.4 Å². The summed E-state index contributed by atoms with van der Waals surface area (Å²) in [5.74, 6) is -1.01. The summed E-state index contributed by atoms with van der Waals surface area (Å²) in [4.78, 5) is 36.6. The molecule has 7 nitrogen and oxygen atoms in total. The van der Waals surface area contributed by atoms with Gasteiger partial charge in [0.05, 0.1) is 11.6 Å². The fourth-order valence-corrected chi connectivity index (χ4v) is 3.82. The third kappa shape index (κ3) is 6.08. The fourth-order valence-electron chi connectivity index (χ4n) is 3.82. The van der Waals surface area contributed by atoms with Gasteiger partial charge in [0.2, 0.25) is 5.91 Å². The lowest BCUT2D eigenvalue weighted by Crippen LogP contribution is -2.23. The van der Waals surface area contributed by atoms with Crippen molar-refractivity contribution in [2.45, 2.75) is 13.5 Å². The molecule has 4 N–H and O–H groups in total. The number of nitrogens with two attached hydrogens (primary N) is 1. The molecular weight excluding hydrogens is 464 g/mol. The molecule has 0 atom stereocenters. The molecule has 0 saturated carbocycles. The normalized spacial score (nSPS) is 10.3. The van der Waals surface area contributed by atoms with Crippen LogP contribution >= 0.6 is 0 Å². The summed E-state index contributed by atoms with van der Waals surface area (Å²) < 4.78 is 0. The van der Waals surface area contributed by atoms with Gasteiger partial charge < -0.3 is 16.4 Å². The number of hydrogen-bond donors (Lipinski definition) is 3. The van der Waals surface area contributed by atoms with Gasteiger partial charge >= 0.3 is 0 Å². The highest BCUT2D eigenvalue weighted by atomic mass is 16.2. The summed E-state index contributed by atoms with van der Waals surface area (Å²) in [6.45, 7) is 2.27. The van der Waals surface area contributed by atoms with Crippen LogP contribution in [0.25, 0.3) is 11.1 Å². The van der Waals surface area contributed by atoms with Crippen LogP contribution in [0, 0.1) is 18.3 Å². The first-order valence-electron chi connectivity index (χ1n) is 11.5. The molecule has 0 radical (unpaired) electrons. The molecule has 0 heterocycles. The van der Waals surface area contributed by atoms with Crippen LogP contribution in [0.15, 0.2) is 91.0 Å². The number of anilines is 1. The lowest BCUT2D eigenvalue weighted by Gasteiger charge is -2.11. The quantitative estimate of drug-likeness (QED) is 0.345. The van der Waals surface area contributed by atoms with E-state index in [1.807, 2.05) is 31.2 Å². The number of primary amides is 1. The molecule has 0 unspecified atom stereocenters. The molecule has 7 heteroatoms. The summed E-state index contributed by atoms with van der Waals surface area (Å²) >= 11 is 0. The average molecular weight is 489 g/mol. The molecule has 0 bridgehead atoms. The highest BCUT2D eigenvalue weighted by Crippen LogP contribution is 2.25. The predicted octanol–water partition coefficient (Wildman–Crippen LogP) is 4.81. The van der Waals surface area contributed by atoms with Crippen molar-refractivity contribution in [3.63, 3.8) is 0 Å². The van der Waals surface area contributed by atoms with Gasteiger partial charge in [0.15, 0.2) is 0 Å². The van der Waals surface area contributed by atoms with Gasteiger partial charge in [0, 0.05) is 28.9 Å². The predicted molar refractivity (Wildman–Crippen MR) is 142 cm³/mol. The molecule has 3 amide bonds. The second kappa shape index (κ2) is 11.0. The number of nitrogens with one attached hydrogen (secondary N) is 2. The Morgan fingerprint density at radius 1 is 0.811 bits per heavy atom. The monoisotopic (exact) mass is 488 g/mol. The second-order valence-electron chi connectivity index (χ2n) is 8.50. The lowest BCUT2D eigenvalue weighted by molar-refractivity contribution is 0.0948. The van der Waals surface area contributed by atoms with Crippen molar-refractivity contribution in [1.29, 1.82) is 5.26 Å². The summed E-state index contributed by atoms with van der Waals surface area (Å²) in [7, 11) is 0. The number of benzene rings is 4. The van der Waals surface area contributed by atoms with E-state index in [1.165, 1.54) is 0 Å². The third-order valence-corrected chi connectivity index (χ3v) is 5.90. The van der Waals surface area contributed by atoms with E-state index in [0.717, 1.165) is 22.3 Å². The van der Waals surface area contributed by atoms with Crippen LogP contribution in [-0.2, 0) is 6.54 Å². The number of hydrogen-bond acceptors (Lipinski definition) is 4. The number of aryl methyl sites for hydroxylation is 1. The fraction of sp³-hybridized carbons (Fsp3) is 0.0667. The van der Waals surface area contributed by atoms with Crippen molar-refractivity contribution in [1.82, 2.24) is 5.32 Å².